The molecule has 0 aliphatic carbocycles. The van der Waals surface area contributed by atoms with Crippen molar-refractivity contribution in [3.05, 3.63) is 0 Å². The van der Waals surface area contributed by atoms with Crippen LogP contribution in [0, 0.1) is 5.92 Å². The Morgan fingerprint density at radius 1 is 1.17 bits per heavy atom. The number of aliphatic hydroxyl groups excluding tert-OH is 4. The minimum atomic E-state index is -1.13. The summed E-state index contributed by atoms with van der Waals surface area (Å²) in [6.45, 7) is 1.15. The fraction of sp³-hybridized carbons (Fsp3) is 1.00. The zero-order valence-electron chi connectivity index (χ0n) is 6.79. The second kappa shape index (κ2) is 3.68. The van der Waals surface area contributed by atoms with Crippen LogP contribution in [0.1, 0.15) is 6.92 Å². The van der Waals surface area contributed by atoms with Crippen LogP contribution in [0.15, 0.2) is 0 Å². The van der Waals surface area contributed by atoms with Gasteiger partial charge in [0.2, 0.25) is 0 Å². The van der Waals surface area contributed by atoms with Gasteiger partial charge in [-0.1, -0.05) is 6.92 Å². The van der Waals surface area contributed by atoms with E-state index < -0.39 is 37.1 Å². The van der Waals surface area contributed by atoms with E-state index in [1.165, 1.54) is 0 Å². The molecule has 0 aromatic rings. The zero-order valence-corrected chi connectivity index (χ0v) is 6.79. The average Bonchev–Trinajstić information content (AvgIpc) is 2.08. The minimum absolute atomic E-state index is 0.415. The van der Waals surface area contributed by atoms with Crippen molar-refractivity contribution in [3.63, 3.8) is 0 Å². The van der Waals surface area contributed by atoms with Crippen LogP contribution in [0.5, 0.6) is 0 Å². The Morgan fingerprint density at radius 3 is 2.25 bits per heavy atom. The molecule has 5 heteroatoms. The normalized spacial score (nSPS) is 49.2. The molecule has 5 atom stereocenters. The monoisotopic (exact) mass is 178 g/mol. The third-order valence-corrected chi connectivity index (χ3v) is 2.21. The molecule has 1 rings (SSSR count). The molecule has 12 heavy (non-hydrogen) atoms. The molecule has 4 N–H and O–H groups in total. The largest absolute Gasteiger partial charge is 0.394 e. The van der Waals surface area contributed by atoms with E-state index in [0.717, 1.165) is 0 Å². The van der Waals surface area contributed by atoms with Crippen molar-refractivity contribution in [2.24, 2.45) is 5.92 Å². The van der Waals surface area contributed by atoms with Crippen LogP contribution >= 0.6 is 0 Å². The Bertz CT molecular complexity index is 146. The second-order valence-electron chi connectivity index (χ2n) is 3.09. The second-order valence-corrected chi connectivity index (χ2v) is 3.09. The summed E-state index contributed by atoms with van der Waals surface area (Å²) in [7, 11) is 0. The molecule has 1 aliphatic rings. The summed E-state index contributed by atoms with van der Waals surface area (Å²) in [6, 6.07) is 0. The smallest absolute Gasteiger partial charge is 0.160 e. The molecular weight excluding hydrogens is 164 g/mol. The van der Waals surface area contributed by atoms with Crippen molar-refractivity contribution in [3.8, 4) is 0 Å². The summed E-state index contributed by atoms with van der Waals surface area (Å²) in [5.41, 5.74) is 0. The maximum absolute atomic E-state index is 9.32. The van der Waals surface area contributed by atoms with E-state index in [1.807, 2.05) is 0 Å². The summed E-state index contributed by atoms with van der Waals surface area (Å²) in [4.78, 5) is 0. The first-order valence-corrected chi connectivity index (χ1v) is 3.88. The number of rotatable bonds is 1. The molecule has 1 heterocycles. The maximum atomic E-state index is 9.32. The van der Waals surface area contributed by atoms with Gasteiger partial charge in [0.25, 0.3) is 0 Å². The molecule has 5 nitrogen and oxygen atoms in total. The highest BCUT2D eigenvalue weighted by Crippen LogP contribution is 2.23. The van der Waals surface area contributed by atoms with Crippen LogP contribution in [0.3, 0.4) is 0 Å². The predicted octanol–water partition coefficient (Wildman–Crippen LogP) is -1.95. The fourth-order valence-electron chi connectivity index (χ4n) is 1.23. The van der Waals surface area contributed by atoms with Crippen molar-refractivity contribution >= 4 is 0 Å². The number of hydrogen-bond donors (Lipinski definition) is 4. The van der Waals surface area contributed by atoms with Crippen LogP contribution in [0.4, 0.5) is 0 Å². The van der Waals surface area contributed by atoms with Gasteiger partial charge in [-0.15, -0.1) is 0 Å². The first kappa shape index (κ1) is 9.88. The molecule has 2 unspecified atom stereocenters. The number of ether oxygens (including phenoxy) is 1. The van der Waals surface area contributed by atoms with Crippen LogP contribution in [0.2, 0.25) is 0 Å². The molecular formula is C7H14O5. The van der Waals surface area contributed by atoms with E-state index in [-0.39, 0.29) is 0 Å². The quantitative estimate of drug-likeness (QED) is 0.375. The summed E-state index contributed by atoms with van der Waals surface area (Å²) >= 11 is 0. The number of aliphatic hydroxyl groups is 4. The molecule has 0 spiro atoms. The predicted molar refractivity (Wildman–Crippen MR) is 39.1 cm³/mol. The topological polar surface area (TPSA) is 90.2 Å². The van der Waals surface area contributed by atoms with Crippen molar-refractivity contribution in [1.29, 1.82) is 0 Å². The van der Waals surface area contributed by atoms with Crippen LogP contribution in [0.25, 0.3) is 0 Å². The van der Waals surface area contributed by atoms with Crippen molar-refractivity contribution < 1.29 is 25.2 Å². The van der Waals surface area contributed by atoms with Gasteiger partial charge in [-0.05, 0) is 0 Å². The van der Waals surface area contributed by atoms with Crippen LogP contribution < -0.4 is 0 Å². The van der Waals surface area contributed by atoms with E-state index in [1.54, 1.807) is 6.92 Å². The third kappa shape index (κ3) is 1.60. The molecule has 0 aromatic heterocycles. The summed E-state index contributed by atoms with van der Waals surface area (Å²) in [5, 5.41) is 36.4. The SMILES string of the molecule is C[C@@H]1C(O)[C@H](O)C(CO)O[C@@H]1O. The maximum Gasteiger partial charge on any atom is 0.160 e. The Labute approximate surface area is 70.2 Å². The molecule has 1 saturated heterocycles. The lowest BCUT2D eigenvalue weighted by Gasteiger charge is -2.38. The lowest BCUT2D eigenvalue weighted by Crippen LogP contribution is -2.54. The van der Waals surface area contributed by atoms with E-state index in [2.05, 4.69) is 0 Å². The van der Waals surface area contributed by atoms with Gasteiger partial charge in [-0.2, -0.15) is 0 Å². The van der Waals surface area contributed by atoms with Crippen molar-refractivity contribution in [1.82, 2.24) is 0 Å². The number of hydrogen-bond acceptors (Lipinski definition) is 5. The van der Waals surface area contributed by atoms with Gasteiger partial charge in [-0.25, -0.2) is 0 Å². The van der Waals surface area contributed by atoms with Gasteiger partial charge in [-0.3, -0.25) is 0 Å². The summed E-state index contributed by atoms with van der Waals surface area (Å²) in [5.74, 6) is -0.539. The third-order valence-electron chi connectivity index (χ3n) is 2.21. The van der Waals surface area contributed by atoms with E-state index in [9.17, 15) is 10.2 Å². The van der Waals surface area contributed by atoms with Crippen molar-refractivity contribution in [2.45, 2.75) is 31.5 Å². The Balaban J connectivity index is 2.63. The standard InChI is InChI=1S/C7H14O5/c1-3-5(9)6(10)4(2-8)12-7(3)11/h3-11H,2H2,1H3/t3-,4?,5?,6-,7+/m1/s1. The molecule has 1 aliphatic heterocycles. The first-order valence-electron chi connectivity index (χ1n) is 3.88. The van der Waals surface area contributed by atoms with Crippen LogP contribution in [-0.2, 0) is 4.74 Å². The fourth-order valence-corrected chi connectivity index (χ4v) is 1.23. The highest BCUT2D eigenvalue weighted by molar-refractivity contribution is 4.86. The molecule has 1 fully saturated rings. The van der Waals surface area contributed by atoms with E-state index >= 15 is 0 Å². The van der Waals surface area contributed by atoms with Gasteiger partial charge in [0.1, 0.15) is 12.2 Å². The Kier molecular flexibility index (Phi) is 3.03. The van der Waals surface area contributed by atoms with E-state index in [0.29, 0.717) is 0 Å². The average molecular weight is 178 g/mol. The molecule has 0 aromatic carbocycles. The summed E-state index contributed by atoms with van der Waals surface area (Å²) < 4.78 is 4.83. The molecule has 0 radical (unpaired) electrons. The van der Waals surface area contributed by atoms with Gasteiger partial charge >= 0.3 is 0 Å². The zero-order chi connectivity index (χ0) is 9.30. The van der Waals surface area contributed by atoms with Gasteiger partial charge in [0.05, 0.1) is 12.7 Å². The highest BCUT2D eigenvalue weighted by Gasteiger charge is 2.40. The molecule has 72 valence electrons. The van der Waals surface area contributed by atoms with Gasteiger partial charge in [0, 0.05) is 5.92 Å². The highest BCUT2D eigenvalue weighted by atomic mass is 16.6. The first-order chi connectivity index (χ1) is 5.57. The van der Waals surface area contributed by atoms with E-state index in [4.69, 9.17) is 14.9 Å². The molecule has 0 bridgehead atoms. The van der Waals surface area contributed by atoms with Gasteiger partial charge in [0.15, 0.2) is 6.29 Å². The Morgan fingerprint density at radius 2 is 1.75 bits per heavy atom. The molecule has 0 saturated carbocycles. The van der Waals surface area contributed by atoms with Crippen molar-refractivity contribution in [2.75, 3.05) is 6.61 Å². The van der Waals surface area contributed by atoms with Crippen LogP contribution in [-0.4, -0.2) is 51.6 Å². The molecule has 0 amide bonds. The minimum Gasteiger partial charge on any atom is -0.394 e. The Hall–Kier alpha value is -0.200. The lowest BCUT2D eigenvalue weighted by atomic mass is 9.93. The van der Waals surface area contributed by atoms with Gasteiger partial charge < -0.3 is 25.2 Å². The summed E-state index contributed by atoms with van der Waals surface area (Å²) in [6.07, 6.45) is -4.20. The lowest BCUT2D eigenvalue weighted by molar-refractivity contribution is -0.266.